The SMILES string of the molecule is CO[C@@H]1CN(C)C(=O)c2ccc(NS(C)(=O)=O)cc2OC[C@@H](C)N(C)C[C@H]1C. The van der Waals surface area contributed by atoms with Crippen molar-refractivity contribution in [3.8, 4) is 5.75 Å². The van der Waals surface area contributed by atoms with Crippen molar-refractivity contribution in [2.75, 3.05) is 51.9 Å². The zero-order chi connectivity index (χ0) is 21.1. The molecule has 1 aliphatic heterocycles. The second kappa shape index (κ2) is 9.11. The fraction of sp³-hybridized carbons (Fsp3) is 0.632. The number of hydrogen-bond donors (Lipinski definition) is 1. The van der Waals surface area contributed by atoms with Crippen LogP contribution in [-0.2, 0) is 14.8 Å². The number of carbonyl (C=O) groups is 1. The first kappa shape index (κ1) is 22.4. The van der Waals surface area contributed by atoms with Gasteiger partial charge in [0.15, 0.2) is 0 Å². The molecule has 158 valence electrons. The Morgan fingerprint density at radius 1 is 1.21 bits per heavy atom. The van der Waals surface area contributed by atoms with Gasteiger partial charge in [-0.25, -0.2) is 8.42 Å². The summed E-state index contributed by atoms with van der Waals surface area (Å²) in [7, 11) is 1.99. The van der Waals surface area contributed by atoms with Gasteiger partial charge >= 0.3 is 0 Å². The van der Waals surface area contributed by atoms with Gasteiger partial charge in [0.25, 0.3) is 5.91 Å². The van der Waals surface area contributed by atoms with E-state index in [2.05, 4.69) is 16.5 Å². The van der Waals surface area contributed by atoms with Gasteiger partial charge in [-0.1, -0.05) is 6.92 Å². The molecule has 1 aromatic carbocycles. The van der Waals surface area contributed by atoms with E-state index in [1.807, 2.05) is 14.0 Å². The Bertz CT molecular complexity index is 799. The first-order valence-corrected chi connectivity index (χ1v) is 11.1. The minimum atomic E-state index is -3.43. The zero-order valence-corrected chi connectivity index (χ0v) is 18.2. The molecule has 0 unspecified atom stereocenters. The van der Waals surface area contributed by atoms with E-state index in [4.69, 9.17) is 9.47 Å². The van der Waals surface area contributed by atoms with E-state index < -0.39 is 10.0 Å². The number of nitrogens with zero attached hydrogens (tertiary/aromatic N) is 2. The van der Waals surface area contributed by atoms with Crippen LogP contribution >= 0.6 is 0 Å². The van der Waals surface area contributed by atoms with E-state index in [-0.39, 0.29) is 24.0 Å². The quantitative estimate of drug-likeness (QED) is 0.808. The lowest BCUT2D eigenvalue weighted by Crippen LogP contribution is -2.45. The summed E-state index contributed by atoms with van der Waals surface area (Å²) in [4.78, 5) is 16.8. The number of nitrogens with one attached hydrogen (secondary N) is 1. The van der Waals surface area contributed by atoms with Crippen molar-refractivity contribution in [1.82, 2.24) is 9.80 Å². The maximum atomic E-state index is 13.0. The van der Waals surface area contributed by atoms with Gasteiger partial charge in [0.1, 0.15) is 12.4 Å². The van der Waals surface area contributed by atoms with E-state index in [0.29, 0.717) is 30.2 Å². The molecule has 1 amide bonds. The summed E-state index contributed by atoms with van der Waals surface area (Å²) in [5.41, 5.74) is 0.743. The van der Waals surface area contributed by atoms with Gasteiger partial charge in [-0.2, -0.15) is 0 Å². The highest BCUT2D eigenvalue weighted by Crippen LogP contribution is 2.27. The topological polar surface area (TPSA) is 88.2 Å². The molecule has 0 saturated heterocycles. The van der Waals surface area contributed by atoms with Crippen LogP contribution in [0.1, 0.15) is 24.2 Å². The van der Waals surface area contributed by atoms with Crippen LogP contribution in [0.25, 0.3) is 0 Å². The third-order valence-electron chi connectivity index (χ3n) is 5.06. The Labute approximate surface area is 167 Å². The number of carbonyl (C=O) groups excluding carboxylic acids is 1. The Morgan fingerprint density at radius 3 is 2.50 bits per heavy atom. The van der Waals surface area contributed by atoms with Crippen LogP contribution in [0, 0.1) is 5.92 Å². The number of fused-ring (bicyclic) bond motifs is 1. The number of ether oxygens (including phenoxy) is 2. The Hall–Kier alpha value is -1.84. The molecule has 3 atom stereocenters. The monoisotopic (exact) mass is 413 g/mol. The van der Waals surface area contributed by atoms with Gasteiger partial charge in [0.2, 0.25) is 10.0 Å². The van der Waals surface area contributed by atoms with Crippen LogP contribution in [0.3, 0.4) is 0 Å². The van der Waals surface area contributed by atoms with Crippen LogP contribution < -0.4 is 9.46 Å². The highest BCUT2D eigenvalue weighted by molar-refractivity contribution is 7.92. The number of methoxy groups -OCH3 is 1. The summed E-state index contributed by atoms with van der Waals surface area (Å²) in [5, 5.41) is 0. The first-order valence-electron chi connectivity index (χ1n) is 9.25. The highest BCUT2D eigenvalue weighted by Gasteiger charge is 2.27. The Kier molecular flexibility index (Phi) is 7.30. The number of benzene rings is 1. The minimum absolute atomic E-state index is 0.0985. The van der Waals surface area contributed by atoms with Crippen LogP contribution in [0.2, 0.25) is 0 Å². The number of rotatable bonds is 3. The van der Waals surface area contributed by atoms with Crippen LogP contribution in [-0.4, -0.2) is 83.4 Å². The third-order valence-corrected chi connectivity index (χ3v) is 5.67. The van der Waals surface area contributed by atoms with Crippen molar-refractivity contribution >= 4 is 21.6 Å². The van der Waals surface area contributed by atoms with Crippen molar-refractivity contribution < 1.29 is 22.7 Å². The molecule has 28 heavy (non-hydrogen) atoms. The maximum Gasteiger partial charge on any atom is 0.257 e. The zero-order valence-electron chi connectivity index (χ0n) is 17.4. The van der Waals surface area contributed by atoms with E-state index in [0.717, 1.165) is 12.8 Å². The van der Waals surface area contributed by atoms with Gasteiger partial charge in [0, 0.05) is 39.4 Å². The summed E-state index contributed by atoms with van der Waals surface area (Å²) in [6.45, 7) is 5.77. The molecule has 0 saturated carbocycles. The Morgan fingerprint density at radius 2 is 1.89 bits per heavy atom. The smallest absolute Gasteiger partial charge is 0.257 e. The van der Waals surface area contributed by atoms with Gasteiger partial charge in [-0.05, 0) is 32.0 Å². The number of amides is 1. The molecular weight excluding hydrogens is 382 g/mol. The van der Waals surface area contributed by atoms with E-state index >= 15 is 0 Å². The molecule has 0 aliphatic carbocycles. The standard InChI is InChI=1S/C19H31N3O5S/c1-13-10-21(3)14(2)12-27-17-9-15(20-28(6,24)25)7-8-16(17)19(23)22(4)11-18(13)26-5/h7-9,13-14,18,20H,10-12H2,1-6H3/t13-,14-,18-/m1/s1. The predicted octanol–water partition coefficient (Wildman–Crippen LogP) is 1.49. The molecule has 0 bridgehead atoms. The second-order valence-corrected chi connectivity index (χ2v) is 9.37. The van der Waals surface area contributed by atoms with Crippen LogP contribution in [0.5, 0.6) is 5.75 Å². The molecule has 0 radical (unpaired) electrons. The normalized spacial score (nSPS) is 25.3. The Balaban J connectivity index is 2.42. The summed E-state index contributed by atoms with van der Waals surface area (Å²) in [6, 6.07) is 4.81. The highest BCUT2D eigenvalue weighted by atomic mass is 32.2. The fourth-order valence-corrected chi connectivity index (χ4v) is 3.79. The van der Waals surface area contributed by atoms with E-state index in [9.17, 15) is 13.2 Å². The van der Waals surface area contributed by atoms with E-state index in [1.54, 1.807) is 37.3 Å². The molecule has 1 aromatic rings. The predicted molar refractivity (Wildman–Crippen MR) is 109 cm³/mol. The number of anilines is 1. The van der Waals surface area contributed by atoms with Gasteiger partial charge in [-0.3, -0.25) is 14.4 Å². The third kappa shape index (κ3) is 5.83. The van der Waals surface area contributed by atoms with Gasteiger partial charge in [-0.15, -0.1) is 0 Å². The van der Waals surface area contributed by atoms with Crippen molar-refractivity contribution in [2.45, 2.75) is 26.0 Å². The largest absolute Gasteiger partial charge is 0.491 e. The van der Waals surface area contributed by atoms with Gasteiger partial charge < -0.3 is 14.4 Å². The molecule has 2 rings (SSSR count). The molecule has 1 aliphatic rings. The fourth-order valence-electron chi connectivity index (χ4n) is 3.23. The number of hydrogen-bond acceptors (Lipinski definition) is 6. The molecule has 0 spiro atoms. The minimum Gasteiger partial charge on any atom is -0.491 e. The molecule has 1 N–H and O–H groups in total. The van der Waals surface area contributed by atoms with Crippen molar-refractivity contribution in [3.63, 3.8) is 0 Å². The average Bonchev–Trinajstić information content (AvgIpc) is 2.61. The molecule has 8 nitrogen and oxygen atoms in total. The van der Waals surface area contributed by atoms with Crippen LogP contribution in [0.15, 0.2) is 18.2 Å². The molecule has 0 aromatic heterocycles. The second-order valence-electron chi connectivity index (χ2n) is 7.62. The maximum absolute atomic E-state index is 13.0. The number of likely N-dealkylation sites (N-methyl/N-ethyl adjacent to an activating group) is 2. The average molecular weight is 414 g/mol. The lowest BCUT2D eigenvalue weighted by Gasteiger charge is -2.34. The first-order chi connectivity index (χ1) is 13.0. The molecule has 9 heteroatoms. The van der Waals surface area contributed by atoms with Crippen LogP contribution in [0.4, 0.5) is 5.69 Å². The molecule has 0 fully saturated rings. The molecule has 1 heterocycles. The summed E-state index contributed by atoms with van der Waals surface area (Å²) in [6.07, 6.45) is 0.980. The van der Waals surface area contributed by atoms with Crippen molar-refractivity contribution in [2.24, 2.45) is 5.92 Å². The number of sulfonamides is 1. The van der Waals surface area contributed by atoms with Crippen molar-refractivity contribution in [1.29, 1.82) is 0 Å². The summed E-state index contributed by atoms with van der Waals surface area (Å²) < 4.78 is 37.1. The van der Waals surface area contributed by atoms with Gasteiger partial charge in [0.05, 0.1) is 23.6 Å². The lowest BCUT2D eigenvalue weighted by molar-refractivity contribution is 0.0150. The van der Waals surface area contributed by atoms with E-state index in [1.165, 1.54) is 0 Å². The lowest BCUT2D eigenvalue weighted by atomic mass is 10.0. The molecular formula is C19H31N3O5S. The summed E-state index contributed by atoms with van der Waals surface area (Å²) in [5.74, 6) is 0.387. The summed E-state index contributed by atoms with van der Waals surface area (Å²) >= 11 is 0. The van der Waals surface area contributed by atoms with Crippen molar-refractivity contribution in [3.05, 3.63) is 23.8 Å².